The SMILES string of the molecule is Cc1ccc(O)c(C)c1-n1c(N)c(C(N)=O)c2cc(C)c3ccncc3c21. The van der Waals surface area contributed by atoms with E-state index in [-0.39, 0.29) is 17.1 Å². The van der Waals surface area contributed by atoms with Crippen LogP contribution in [0.2, 0.25) is 0 Å². The van der Waals surface area contributed by atoms with Crippen molar-refractivity contribution >= 4 is 33.4 Å². The minimum absolute atomic E-state index is 0.159. The Morgan fingerprint density at radius 3 is 2.52 bits per heavy atom. The zero-order valence-corrected chi connectivity index (χ0v) is 15.4. The van der Waals surface area contributed by atoms with E-state index in [1.54, 1.807) is 18.5 Å². The number of pyridine rings is 1. The van der Waals surface area contributed by atoms with Crippen molar-refractivity contribution in [3.63, 3.8) is 0 Å². The highest BCUT2D eigenvalue weighted by Gasteiger charge is 2.24. The summed E-state index contributed by atoms with van der Waals surface area (Å²) in [6, 6.07) is 7.33. The van der Waals surface area contributed by atoms with Gasteiger partial charge >= 0.3 is 0 Å². The summed E-state index contributed by atoms with van der Waals surface area (Å²) in [5.74, 6) is -0.175. The molecule has 0 aliphatic carbocycles. The number of aryl methyl sites for hydroxylation is 2. The number of carbonyl (C=O) groups is 1. The molecule has 0 fully saturated rings. The zero-order chi connectivity index (χ0) is 19.5. The molecule has 0 aliphatic heterocycles. The largest absolute Gasteiger partial charge is 0.508 e. The lowest BCUT2D eigenvalue weighted by Gasteiger charge is -2.17. The Bertz CT molecular complexity index is 1250. The van der Waals surface area contributed by atoms with E-state index >= 15 is 0 Å². The molecule has 0 atom stereocenters. The lowest BCUT2D eigenvalue weighted by Crippen LogP contribution is -2.14. The topological polar surface area (TPSA) is 107 Å². The van der Waals surface area contributed by atoms with Gasteiger partial charge in [-0.25, -0.2) is 0 Å². The summed E-state index contributed by atoms with van der Waals surface area (Å²) in [4.78, 5) is 16.5. The molecule has 1 amide bonds. The van der Waals surface area contributed by atoms with E-state index in [0.717, 1.165) is 33.1 Å². The Hall–Kier alpha value is -3.54. The van der Waals surface area contributed by atoms with Gasteiger partial charge in [0.05, 0.1) is 16.8 Å². The standard InChI is InChI=1S/C21H20N4O2/c1-10-4-5-16(26)12(3)18(10)25-19-14(17(20(25)22)21(23)27)8-11(2)13-6-7-24-9-15(13)19/h4-9,26H,22H2,1-3H3,(H2,23,27). The molecule has 0 saturated heterocycles. The third-order valence-corrected chi connectivity index (χ3v) is 5.18. The first-order valence-electron chi connectivity index (χ1n) is 8.59. The first kappa shape index (κ1) is 16.9. The van der Waals surface area contributed by atoms with Crippen LogP contribution >= 0.6 is 0 Å². The number of hydrogen-bond donors (Lipinski definition) is 3. The van der Waals surface area contributed by atoms with Crippen LogP contribution in [-0.2, 0) is 0 Å². The minimum atomic E-state index is -0.589. The van der Waals surface area contributed by atoms with E-state index in [1.807, 2.05) is 43.5 Å². The number of phenols is 1. The fraction of sp³-hybridized carbons (Fsp3) is 0.143. The van der Waals surface area contributed by atoms with E-state index in [0.29, 0.717) is 10.9 Å². The van der Waals surface area contributed by atoms with Crippen molar-refractivity contribution in [3.05, 3.63) is 58.9 Å². The van der Waals surface area contributed by atoms with Gasteiger partial charge in [0.1, 0.15) is 11.6 Å². The molecule has 4 aromatic rings. The number of amides is 1. The monoisotopic (exact) mass is 360 g/mol. The van der Waals surface area contributed by atoms with Crippen LogP contribution in [0.1, 0.15) is 27.0 Å². The van der Waals surface area contributed by atoms with Gasteiger partial charge in [-0.15, -0.1) is 0 Å². The van der Waals surface area contributed by atoms with Gasteiger partial charge < -0.3 is 16.6 Å². The molecular formula is C21H20N4O2. The van der Waals surface area contributed by atoms with Gasteiger partial charge in [0, 0.05) is 28.7 Å². The van der Waals surface area contributed by atoms with Gasteiger partial charge in [0.2, 0.25) is 0 Å². The molecule has 27 heavy (non-hydrogen) atoms. The van der Waals surface area contributed by atoms with Crippen LogP contribution in [0.15, 0.2) is 36.7 Å². The molecule has 4 rings (SSSR count). The van der Waals surface area contributed by atoms with Crippen LogP contribution < -0.4 is 11.5 Å². The second-order valence-corrected chi connectivity index (χ2v) is 6.85. The highest BCUT2D eigenvalue weighted by atomic mass is 16.3. The number of fused-ring (bicyclic) bond motifs is 3. The quantitative estimate of drug-likeness (QED) is 0.508. The van der Waals surface area contributed by atoms with E-state index < -0.39 is 5.91 Å². The molecule has 0 spiro atoms. The molecular weight excluding hydrogens is 340 g/mol. The number of aromatic hydroxyl groups is 1. The molecule has 2 heterocycles. The molecule has 6 nitrogen and oxygen atoms in total. The Labute approximate surface area is 156 Å². The van der Waals surface area contributed by atoms with Crippen LogP contribution in [0.5, 0.6) is 5.75 Å². The summed E-state index contributed by atoms with van der Waals surface area (Å²) >= 11 is 0. The first-order chi connectivity index (χ1) is 12.8. The Kier molecular flexibility index (Phi) is 3.59. The van der Waals surface area contributed by atoms with E-state index in [4.69, 9.17) is 11.5 Å². The molecule has 136 valence electrons. The van der Waals surface area contributed by atoms with Crippen LogP contribution in [-0.4, -0.2) is 20.6 Å². The highest BCUT2D eigenvalue weighted by Crippen LogP contribution is 2.40. The predicted molar refractivity (Wildman–Crippen MR) is 107 cm³/mol. The maximum absolute atomic E-state index is 12.2. The summed E-state index contributed by atoms with van der Waals surface area (Å²) in [5, 5.41) is 12.8. The van der Waals surface area contributed by atoms with Crippen molar-refractivity contribution in [2.75, 3.05) is 5.73 Å². The summed E-state index contributed by atoms with van der Waals surface area (Å²) in [6.45, 7) is 5.73. The van der Waals surface area contributed by atoms with Crippen molar-refractivity contribution in [1.29, 1.82) is 0 Å². The Balaban J connectivity index is 2.33. The number of nitrogen functional groups attached to an aromatic ring is 1. The average molecular weight is 360 g/mol. The number of nitrogens with two attached hydrogens (primary N) is 2. The smallest absolute Gasteiger partial charge is 0.253 e. The highest BCUT2D eigenvalue weighted by molar-refractivity contribution is 6.19. The third kappa shape index (κ3) is 2.26. The normalized spacial score (nSPS) is 11.4. The molecule has 0 radical (unpaired) electrons. The summed E-state index contributed by atoms with van der Waals surface area (Å²) in [5.41, 5.74) is 16.5. The molecule has 0 aliphatic rings. The van der Waals surface area contributed by atoms with E-state index in [1.165, 1.54) is 0 Å². The number of phenolic OH excluding ortho intramolecular Hbond substituents is 1. The summed E-state index contributed by atoms with van der Waals surface area (Å²) in [7, 11) is 0. The van der Waals surface area contributed by atoms with E-state index in [2.05, 4.69) is 4.98 Å². The second-order valence-electron chi connectivity index (χ2n) is 6.85. The number of anilines is 1. The van der Waals surface area contributed by atoms with Crippen LogP contribution in [0, 0.1) is 20.8 Å². The second kappa shape index (κ2) is 5.74. The number of benzene rings is 2. The van der Waals surface area contributed by atoms with Gasteiger partial charge in [0.25, 0.3) is 5.91 Å². The Morgan fingerprint density at radius 1 is 1.07 bits per heavy atom. The van der Waals surface area contributed by atoms with Crippen LogP contribution in [0.25, 0.3) is 27.4 Å². The van der Waals surface area contributed by atoms with Crippen molar-refractivity contribution in [2.45, 2.75) is 20.8 Å². The maximum atomic E-state index is 12.2. The lowest BCUT2D eigenvalue weighted by molar-refractivity contribution is 0.100. The van der Waals surface area contributed by atoms with Gasteiger partial charge in [0.15, 0.2) is 0 Å². The maximum Gasteiger partial charge on any atom is 0.253 e. The number of rotatable bonds is 2. The fourth-order valence-electron chi connectivity index (χ4n) is 3.90. The van der Waals surface area contributed by atoms with E-state index in [9.17, 15) is 9.90 Å². The van der Waals surface area contributed by atoms with Gasteiger partial charge in [-0.05, 0) is 55.5 Å². The van der Waals surface area contributed by atoms with Crippen molar-refractivity contribution in [1.82, 2.24) is 9.55 Å². The molecule has 2 aromatic heterocycles. The minimum Gasteiger partial charge on any atom is -0.508 e. The van der Waals surface area contributed by atoms with Gasteiger partial charge in [-0.3, -0.25) is 14.3 Å². The molecule has 0 saturated carbocycles. The summed E-state index contributed by atoms with van der Waals surface area (Å²) in [6.07, 6.45) is 3.50. The number of nitrogens with zero attached hydrogens (tertiary/aromatic N) is 2. The van der Waals surface area contributed by atoms with Crippen LogP contribution in [0.4, 0.5) is 5.82 Å². The number of aromatic nitrogens is 2. The first-order valence-corrected chi connectivity index (χ1v) is 8.59. The molecule has 5 N–H and O–H groups in total. The van der Waals surface area contributed by atoms with Crippen molar-refractivity contribution in [3.8, 4) is 11.4 Å². The Morgan fingerprint density at radius 2 is 1.81 bits per heavy atom. The number of carbonyl (C=O) groups excluding carboxylic acids is 1. The van der Waals surface area contributed by atoms with Crippen molar-refractivity contribution in [2.24, 2.45) is 5.73 Å². The van der Waals surface area contributed by atoms with Crippen molar-refractivity contribution < 1.29 is 9.90 Å². The molecule has 2 aromatic carbocycles. The lowest BCUT2D eigenvalue weighted by atomic mass is 10.0. The third-order valence-electron chi connectivity index (χ3n) is 5.18. The number of primary amides is 1. The van der Waals surface area contributed by atoms with Gasteiger partial charge in [-0.2, -0.15) is 0 Å². The molecule has 6 heteroatoms. The van der Waals surface area contributed by atoms with Gasteiger partial charge in [-0.1, -0.05) is 6.07 Å². The molecule has 0 bridgehead atoms. The molecule has 0 unspecified atom stereocenters. The van der Waals surface area contributed by atoms with Crippen LogP contribution in [0.3, 0.4) is 0 Å². The fourth-order valence-corrected chi connectivity index (χ4v) is 3.90. The number of hydrogen-bond acceptors (Lipinski definition) is 4. The average Bonchev–Trinajstić information content (AvgIpc) is 2.91. The summed E-state index contributed by atoms with van der Waals surface area (Å²) < 4.78 is 1.81. The zero-order valence-electron chi connectivity index (χ0n) is 15.4. The predicted octanol–water partition coefficient (Wildman–Crippen LogP) is 3.49.